The van der Waals surface area contributed by atoms with Crippen LogP contribution in [0.5, 0.6) is 0 Å². The van der Waals surface area contributed by atoms with Crippen LogP contribution in [0.3, 0.4) is 0 Å². The standard InChI is InChI=1S/C17H20N2O3/c1-10-13-8-6-7-9-14(13)18-11(2)15(10)17(21)22-12(3)16(20)19(4)5/h6-9,12H,1-5H3/t12-/m0/s1. The maximum absolute atomic E-state index is 12.4. The molecule has 0 bridgehead atoms. The molecule has 0 radical (unpaired) electrons. The SMILES string of the molecule is Cc1nc2ccccc2c(C)c1C(=O)O[C@@H](C)C(=O)N(C)C. The van der Waals surface area contributed by atoms with E-state index in [0.717, 1.165) is 16.5 Å². The van der Waals surface area contributed by atoms with Crippen LogP contribution in [0.2, 0.25) is 0 Å². The Balaban J connectivity index is 2.38. The van der Waals surface area contributed by atoms with E-state index in [4.69, 9.17) is 4.74 Å². The van der Waals surface area contributed by atoms with Crippen LogP contribution >= 0.6 is 0 Å². The van der Waals surface area contributed by atoms with E-state index in [9.17, 15) is 9.59 Å². The van der Waals surface area contributed by atoms with E-state index in [-0.39, 0.29) is 5.91 Å². The smallest absolute Gasteiger partial charge is 0.341 e. The van der Waals surface area contributed by atoms with E-state index in [1.54, 1.807) is 27.9 Å². The van der Waals surface area contributed by atoms with Crippen molar-refractivity contribution in [3.05, 3.63) is 41.1 Å². The van der Waals surface area contributed by atoms with Gasteiger partial charge in [0.25, 0.3) is 5.91 Å². The molecule has 0 unspecified atom stereocenters. The topological polar surface area (TPSA) is 59.5 Å². The van der Waals surface area contributed by atoms with Crippen molar-refractivity contribution < 1.29 is 14.3 Å². The number of pyridine rings is 1. The second kappa shape index (κ2) is 6.13. The van der Waals surface area contributed by atoms with Crippen molar-refractivity contribution in [2.24, 2.45) is 0 Å². The number of likely N-dealkylation sites (N-methyl/N-ethyl adjacent to an activating group) is 1. The van der Waals surface area contributed by atoms with Crippen molar-refractivity contribution >= 4 is 22.8 Å². The molecule has 1 aromatic heterocycles. The minimum absolute atomic E-state index is 0.252. The summed E-state index contributed by atoms with van der Waals surface area (Å²) in [6.07, 6.45) is -0.826. The molecule has 0 fully saturated rings. The Kier molecular flexibility index (Phi) is 4.45. The lowest BCUT2D eigenvalue weighted by Crippen LogP contribution is -2.35. The van der Waals surface area contributed by atoms with Gasteiger partial charge in [-0.3, -0.25) is 9.78 Å². The van der Waals surface area contributed by atoms with Gasteiger partial charge in [-0.25, -0.2) is 4.79 Å². The van der Waals surface area contributed by atoms with E-state index < -0.39 is 12.1 Å². The number of carbonyl (C=O) groups is 2. The summed E-state index contributed by atoms with van der Waals surface area (Å²) in [5.41, 5.74) is 2.69. The van der Waals surface area contributed by atoms with Gasteiger partial charge in [-0.1, -0.05) is 18.2 Å². The Morgan fingerprint density at radius 2 is 1.82 bits per heavy atom. The summed E-state index contributed by atoms with van der Waals surface area (Å²) in [6, 6.07) is 7.63. The molecule has 1 atom stereocenters. The molecule has 0 aliphatic heterocycles. The van der Waals surface area contributed by atoms with Crippen LogP contribution < -0.4 is 0 Å². The number of para-hydroxylation sites is 1. The minimum Gasteiger partial charge on any atom is -0.449 e. The van der Waals surface area contributed by atoms with Crippen molar-refractivity contribution in [2.75, 3.05) is 14.1 Å². The first-order chi connectivity index (χ1) is 10.3. The second-order valence-electron chi connectivity index (χ2n) is 5.49. The highest BCUT2D eigenvalue weighted by molar-refractivity contribution is 5.99. The molecule has 5 nitrogen and oxygen atoms in total. The molecule has 22 heavy (non-hydrogen) atoms. The van der Waals surface area contributed by atoms with E-state index in [1.165, 1.54) is 4.90 Å². The van der Waals surface area contributed by atoms with Crippen molar-refractivity contribution in [3.8, 4) is 0 Å². The van der Waals surface area contributed by atoms with Crippen LogP contribution in [0.4, 0.5) is 0 Å². The zero-order chi connectivity index (χ0) is 16.4. The van der Waals surface area contributed by atoms with Crippen molar-refractivity contribution in [1.82, 2.24) is 9.88 Å². The first-order valence-corrected chi connectivity index (χ1v) is 7.11. The Morgan fingerprint density at radius 3 is 2.45 bits per heavy atom. The van der Waals surface area contributed by atoms with Gasteiger partial charge in [0.2, 0.25) is 0 Å². The Hall–Kier alpha value is -2.43. The molecular weight excluding hydrogens is 280 g/mol. The van der Waals surface area contributed by atoms with Crippen LogP contribution in [0, 0.1) is 13.8 Å². The lowest BCUT2D eigenvalue weighted by atomic mass is 10.0. The summed E-state index contributed by atoms with van der Waals surface area (Å²) in [7, 11) is 3.25. The fraction of sp³-hybridized carbons (Fsp3) is 0.353. The number of carbonyl (C=O) groups excluding carboxylic acids is 2. The first-order valence-electron chi connectivity index (χ1n) is 7.11. The van der Waals surface area contributed by atoms with Gasteiger partial charge in [0, 0.05) is 19.5 Å². The van der Waals surface area contributed by atoms with Crippen LogP contribution in [-0.2, 0) is 9.53 Å². The average molecular weight is 300 g/mol. The highest BCUT2D eigenvalue weighted by Crippen LogP contribution is 2.23. The molecule has 2 rings (SSSR count). The zero-order valence-electron chi connectivity index (χ0n) is 13.5. The molecule has 116 valence electrons. The van der Waals surface area contributed by atoms with Crippen LogP contribution in [0.1, 0.15) is 28.5 Å². The number of aromatic nitrogens is 1. The minimum atomic E-state index is -0.826. The quantitative estimate of drug-likeness (QED) is 0.817. The molecular formula is C17H20N2O3. The van der Waals surface area contributed by atoms with Gasteiger partial charge in [-0.15, -0.1) is 0 Å². The highest BCUT2D eigenvalue weighted by Gasteiger charge is 2.23. The normalized spacial score (nSPS) is 12.0. The molecule has 5 heteroatoms. The van der Waals surface area contributed by atoms with Crippen LogP contribution in [0.15, 0.2) is 24.3 Å². The number of esters is 1. The van der Waals surface area contributed by atoms with Gasteiger partial charge in [0.05, 0.1) is 16.8 Å². The number of ether oxygens (including phenoxy) is 1. The van der Waals surface area contributed by atoms with Crippen LogP contribution in [0.25, 0.3) is 10.9 Å². The number of hydrogen-bond acceptors (Lipinski definition) is 4. The molecule has 2 aromatic rings. The molecule has 0 saturated heterocycles. The molecule has 0 saturated carbocycles. The first kappa shape index (κ1) is 15.9. The summed E-state index contributed by atoms with van der Waals surface area (Å²) < 4.78 is 5.30. The van der Waals surface area contributed by atoms with Crippen molar-refractivity contribution in [2.45, 2.75) is 26.9 Å². The Morgan fingerprint density at radius 1 is 1.18 bits per heavy atom. The second-order valence-corrected chi connectivity index (χ2v) is 5.49. The van der Waals surface area contributed by atoms with Gasteiger partial charge < -0.3 is 9.64 Å². The summed E-state index contributed by atoms with van der Waals surface area (Å²) in [6.45, 7) is 5.21. The number of benzene rings is 1. The van der Waals surface area contributed by atoms with Crippen LogP contribution in [-0.4, -0.2) is 42.0 Å². The number of amides is 1. The van der Waals surface area contributed by atoms with Gasteiger partial charge in [0.15, 0.2) is 6.10 Å². The third kappa shape index (κ3) is 2.93. The predicted octanol–water partition coefficient (Wildman–Crippen LogP) is 2.49. The summed E-state index contributed by atoms with van der Waals surface area (Å²) in [4.78, 5) is 30.1. The van der Waals surface area contributed by atoms with Gasteiger partial charge in [-0.05, 0) is 32.4 Å². The lowest BCUT2D eigenvalue weighted by molar-refractivity contribution is -0.137. The third-order valence-corrected chi connectivity index (χ3v) is 3.61. The van der Waals surface area contributed by atoms with E-state index >= 15 is 0 Å². The van der Waals surface area contributed by atoms with E-state index in [1.807, 2.05) is 31.2 Å². The van der Waals surface area contributed by atoms with Crippen molar-refractivity contribution in [1.29, 1.82) is 0 Å². The number of hydrogen-bond donors (Lipinski definition) is 0. The van der Waals surface area contributed by atoms with Gasteiger partial charge in [0.1, 0.15) is 0 Å². The number of rotatable bonds is 3. The molecule has 0 aliphatic carbocycles. The molecule has 1 aromatic carbocycles. The molecule has 0 spiro atoms. The number of fused-ring (bicyclic) bond motifs is 1. The van der Waals surface area contributed by atoms with Crippen molar-refractivity contribution in [3.63, 3.8) is 0 Å². The van der Waals surface area contributed by atoms with Gasteiger partial charge >= 0.3 is 5.97 Å². The molecule has 0 aliphatic rings. The Bertz CT molecular complexity index is 738. The molecule has 0 N–H and O–H groups in total. The fourth-order valence-electron chi connectivity index (χ4n) is 2.47. The average Bonchev–Trinajstić information content (AvgIpc) is 2.46. The van der Waals surface area contributed by atoms with E-state index in [2.05, 4.69) is 4.98 Å². The summed E-state index contributed by atoms with van der Waals surface area (Å²) in [5.74, 6) is -0.770. The largest absolute Gasteiger partial charge is 0.449 e. The fourth-order valence-corrected chi connectivity index (χ4v) is 2.47. The Labute approximate surface area is 129 Å². The summed E-state index contributed by atoms with van der Waals surface area (Å²) in [5, 5.41) is 0.909. The number of nitrogens with zero attached hydrogens (tertiary/aromatic N) is 2. The molecule has 1 heterocycles. The molecule has 1 amide bonds. The predicted molar refractivity (Wildman–Crippen MR) is 84.8 cm³/mol. The lowest BCUT2D eigenvalue weighted by Gasteiger charge is -2.18. The maximum Gasteiger partial charge on any atom is 0.341 e. The van der Waals surface area contributed by atoms with E-state index in [0.29, 0.717) is 11.3 Å². The number of aryl methyl sites for hydroxylation is 2. The monoisotopic (exact) mass is 300 g/mol. The summed E-state index contributed by atoms with van der Waals surface area (Å²) >= 11 is 0. The highest BCUT2D eigenvalue weighted by atomic mass is 16.5. The third-order valence-electron chi connectivity index (χ3n) is 3.61. The zero-order valence-corrected chi connectivity index (χ0v) is 13.5. The maximum atomic E-state index is 12.4. The van der Waals surface area contributed by atoms with Gasteiger partial charge in [-0.2, -0.15) is 0 Å².